The summed E-state index contributed by atoms with van der Waals surface area (Å²) in [5, 5.41) is 22.5. The van der Waals surface area contributed by atoms with Gasteiger partial charge in [-0.3, -0.25) is 0 Å². The SMILES string of the molecule is CCc1cc(O)c(F)c(C(O)c2nc(-c3ccccc3)cn2C(c2ccccc2)(c2ccccc2)c2ccccc2)c1. The molecule has 1 atom stereocenters. The zero-order chi connectivity index (χ0) is 29.1. The Bertz CT molecular complexity index is 1690. The van der Waals surface area contributed by atoms with Crippen molar-refractivity contribution in [1.82, 2.24) is 9.55 Å². The highest BCUT2D eigenvalue weighted by atomic mass is 19.1. The highest BCUT2D eigenvalue weighted by Gasteiger charge is 2.42. The first kappa shape index (κ1) is 27.2. The quantitative estimate of drug-likeness (QED) is 0.188. The molecule has 4 nitrogen and oxygen atoms in total. The minimum Gasteiger partial charge on any atom is -0.505 e. The summed E-state index contributed by atoms with van der Waals surface area (Å²) in [5.74, 6) is -1.11. The average Bonchev–Trinajstić information content (AvgIpc) is 3.50. The lowest BCUT2D eigenvalue weighted by molar-refractivity contribution is 0.194. The van der Waals surface area contributed by atoms with Gasteiger partial charge in [-0.15, -0.1) is 0 Å². The van der Waals surface area contributed by atoms with Crippen LogP contribution >= 0.6 is 0 Å². The van der Waals surface area contributed by atoms with Gasteiger partial charge in [0, 0.05) is 17.3 Å². The van der Waals surface area contributed by atoms with Gasteiger partial charge in [0.1, 0.15) is 17.5 Å². The Labute approximate surface area is 245 Å². The fourth-order valence-electron chi connectivity index (χ4n) is 5.79. The summed E-state index contributed by atoms with van der Waals surface area (Å²) in [6.07, 6.45) is 1.03. The monoisotopic (exact) mass is 554 g/mol. The van der Waals surface area contributed by atoms with Crippen molar-refractivity contribution in [3.05, 3.63) is 179 Å². The molecular weight excluding hydrogens is 523 g/mol. The van der Waals surface area contributed by atoms with E-state index in [-0.39, 0.29) is 11.4 Å². The summed E-state index contributed by atoms with van der Waals surface area (Å²) in [5.41, 5.74) is 4.02. The van der Waals surface area contributed by atoms with Gasteiger partial charge in [0.15, 0.2) is 11.6 Å². The maximum Gasteiger partial charge on any atom is 0.171 e. The largest absolute Gasteiger partial charge is 0.505 e. The average molecular weight is 555 g/mol. The number of phenolic OH excluding ortho intramolecular Hbond substituents is 1. The number of nitrogens with zero attached hydrogens (tertiary/aromatic N) is 2. The van der Waals surface area contributed by atoms with Crippen molar-refractivity contribution < 1.29 is 14.6 Å². The molecule has 0 spiro atoms. The van der Waals surface area contributed by atoms with Crippen LogP contribution in [0.4, 0.5) is 4.39 Å². The smallest absolute Gasteiger partial charge is 0.171 e. The molecule has 5 heteroatoms. The van der Waals surface area contributed by atoms with E-state index in [0.717, 1.165) is 22.3 Å². The Morgan fingerprint density at radius 2 is 1.21 bits per heavy atom. The van der Waals surface area contributed by atoms with Crippen molar-refractivity contribution in [3.63, 3.8) is 0 Å². The van der Waals surface area contributed by atoms with Crippen LogP contribution in [0.1, 0.15) is 46.7 Å². The molecule has 6 rings (SSSR count). The minimum atomic E-state index is -1.48. The molecule has 42 heavy (non-hydrogen) atoms. The normalized spacial score (nSPS) is 12.3. The molecular formula is C37H31FN2O2. The summed E-state index contributed by atoms with van der Waals surface area (Å²) >= 11 is 0. The van der Waals surface area contributed by atoms with Gasteiger partial charge in [0.25, 0.3) is 0 Å². The molecule has 0 bridgehead atoms. The molecule has 0 aliphatic heterocycles. The second-order valence-electron chi connectivity index (χ2n) is 10.3. The molecule has 2 N–H and O–H groups in total. The summed E-state index contributed by atoms with van der Waals surface area (Å²) < 4.78 is 17.5. The predicted octanol–water partition coefficient (Wildman–Crippen LogP) is 7.88. The molecule has 0 radical (unpaired) electrons. The van der Waals surface area contributed by atoms with Gasteiger partial charge in [-0.05, 0) is 40.8 Å². The van der Waals surface area contributed by atoms with Crippen molar-refractivity contribution >= 4 is 0 Å². The van der Waals surface area contributed by atoms with Gasteiger partial charge in [-0.1, -0.05) is 128 Å². The number of hydrogen-bond donors (Lipinski definition) is 2. The molecule has 0 fully saturated rings. The Hall–Kier alpha value is -5.00. The van der Waals surface area contributed by atoms with Crippen LogP contribution in [0, 0.1) is 5.82 Å². The van der Waals surface area contributed by atoms with Crippen molar-refractivity contribution in [2.24, 2.45) is 0 Å². The number of halogens is 1. The third-order valence-corrected chi connectivity index (χ3v) is 7.83. The second-order valence-corrected chi connectivity index (χ2v) is 10.3. The van der Waals surface area contributed by atoms with E-state index in [2.05, 4.69) is 36.4 Å². The molecule has 0 saturated carbocycles. The van der Waals surface area contributed by atoms with Crippen LogP contribution in [-0.2, 0) is 12.0 Å². The fraction of sp³-hybridized carbons (Fsp3) is 0.108. The first-order valence-electron chi connectivity index (χ1n) is 14.0. The molecule has 5 aromatic carbocycles. The Morgan fingerprint density at radius 3 is 1.69 bits per heavy atom. The van der Waals surface area contributed by atoms with E-state index in [4.69, 9.17) is 4.98 Å². The van der Waals surface area contributed by atoms with E-state index in [0.29, 0.717) is 17.7 Å². The molecule has 1 heterocycles. The molecule has 0 aliphatic rings. The maximum absolute atomic E-state index is 15.5. The van der Waals surface area contributed by atoms with Crippen molar-refractivity contribution in [2.45, 2.75) is 25.0 Å². The fourth-order valence-corrected chi connectivity index (χ4v) is 5.79. The Balaban J connectivity index is 1.74. The topological polar surface area (TPSA) is 58.3 Å². The zero-order valence-electron chi connectivity index (χ0n) is 23.2. The lowest BCUT2D eigenvalue weighted by atomic mass is 9.76. The summed E-state index contributed by atoms with van der Waals surface area (Å²) in [7, 11) is 0. The van der Waals surface area contributed by atoms with Gasteiger partial charge >= 0.3 is 0 Å². The molecule has 1 aromatic heterocycles. The third kappa shape index (κ3) is 4.68. The van der Waals surface area contributed by atoms with Gasteiger partial charge in [-0.2, -0.15) is 0 Å². The minimum absolute atomic E-state index is 0.0265. The number of aryl methyl sites for hydroxylation is 1. The summed E-state index contributed by atoms with van der Waals surface area (Å²) in [6, 6.07) is 42.9. The van der Waals surface area contributed by atoms with Crippen LogP contribution in [0.15, 0.2) is 140 Å². The van der Waals surface area contributed by atoms with Crippen molar-refractivity contribution in [3.8, 4) is 17.0 Å². The van der Waals surface area contributed by atoms with Gasteiger partial charge in [0.05, 0.1) is 5.69 Å². The van der Waals surface area contributed by atoms with E-state index < -0.39 is 23.2 Å². The lowest BCUT2D eigenvalue weighted by Crippen LogP contribution is -2.39. The van der Waals surface area contributed by atoms with Crippen LogP contribution in [0.25, 0.3) is 11.3 Å². The van der Waals surface area contributed by atoms with E-state index in [1.807, 2.05) is 103 Å². The Morgan fingerprint density at radius 1 is 0.738 bits per heavy atom. The van der Waals surface area contributed by atoms with E-state index in [1.54, 1.807) is 6.07 Å². The predicted molar refractivity (Wildman–Crippen MR) is 164 cm³/mol. The number of hydrogen-bond acceptors (Lipinski definition) is 3. The number of benzene rings is 5. The number of rotatable bonds is 8. The number of aliphatic hydroxyl groups excluding tert-OH is 1. The molecule has 1 unspecified atom stereocenters. The molecule has 208 valence electrons. The van der Waals surface area contributed by atoms with Crippen LogP contribution in [-0.4, -0.2) is 19.8 Å². The summed E-state index contributed by atoms with van der Waals surface area (Å²) in [6.45, 7) is 1.92. The van der Waals surface area contributed by atoms with Crippen LogP contribution < -0.4 is 0 Å². The van der Waals surface area contributed by atoms with Crippen LogP contribution in [0.3, 0.4) is 0 Å². The zero-order valence-corrected chi connectivity index (χ0v) is 23.2. The third-order valence-electron chi connectivity index (χ3n) is 7.83. The van der Waals surface area contributed by atoms with Crippen molar-refractivity contribution in [1.29, 1.82) is 0 Å². The first-order chi connectivity index (χ1) is 20.5. The number of aliphatic hydroxyl groups is 1. The number of aromatic nitrogens is 2. The molecule has 6 aromatic rings. The van der Waals surface area contributed by atoms with E-state index >= 15 is 4.39 Å². The number of phenols is 1. The second kappa shape index (κ2) is 11.5. The Kier molecular flexibility index (Phi) is 7.43. The molecule has 0 aliphatic carbocycles. The number of aromatic hydroxyl groups is 1. The lowest BCUT2D eigenvalue weighted by Gasteiger charge is -2.39. The molecule has 0 saturated heterocycles. The van der Waals surface area contributed by atoms with E-state index in [1.165, 1.54) is 6.07 Å². The van der Waals surface area contributed by atoms with E-state index in [9.17, 15) is 10.2 Å². The van der Waals surface area contributed by atoms with Gasteiger partial charge in [0.2, 0.25) is 0 Å². The van der Waals surface area contributed by atoms with Crippen molar-refractivity contribution in [2.75, 3.05) is 0 Å². The summed E-state index contributed by atoms with van der Waals surface area (Å²) in [4.78, 5) is 4.99. The first-order valence-corrected chi connectivity index (χ1v) is 14.0. The maximum atomic E-state index is 15.5. The van der Waals surface area contributed by atoms with Crippen LogP contribution in [0.2, 0.25) is 0 Å². The highest BCUT2D eigenvalue weighted by molar-refractivity contribution is 5.61. The van der Waals surface area contributed by atoms with Gasteiger partial charge < -0.3 is 14.8 Å². The highest BCUT2D eigenvalue weighted by Crippen LogP contribution is 2.44. The van der Waals surface area contributed by atoms with Crippen LogP contribution in [0.5, 0.6) is 5.75 Å². The van der Waals surface area contributed by atoms with Gasteiger partial charge in [-0.25, -0.2) is 9.37 Å². The number of imidazole rings is 1. The molecule has 0 amide bonds. The standard InChI is InChI=1S/C37H31FN2O2/c1-2-26-23-31(34(38)33(41)24-26)35(42)36-39-32(27-15-7-3-8-16-27)25-40(36)37(28-17-9-4-10-18-28,29-19-11-5-12-20-29)30-21-13-6-14-22-30/h3-25,35,41-42H,2H2,1H3.